The summed E-state index contributed by atoms with van der Waals surface area (Å²) in [4.78, 5) is 2.46. The normalized spacial score (nSPS) is 17.7. The van der Waals surface area contributed by atoms with Crippen molar-refractivity contribution in [2.45, 2.75) is 11.8 Å². The molecule has 1 heterocycles. The molecule has 0 radical (unpaired) electrons. The number of hydrogen-bond acceptors (Lipinski definition) is 1. The molecular weight excluding hydrogens is 641 g/mol. The molecule has 0 amide bonds. The molecule has 8 aromatic carbocycles. The molecule has 2 unspecified atom stereocenters. The van der Waals surface area contributed by atoms with Crippen LogP contribution < -0.4 is 4.90 Å². The van der Waals surface area contributed by atoms with Crippen molar-refractivity contribution in [2.75, 3.05) is 4.90 Å². The van der Waals surface area contributed by atoms with Gasteiger partial charge in [-0.15, -0.1) is 0 Å². The number of para-hydroxylation sites is 3. The summed E-state index contributed by atoms with van der Waals surface area (Å²) in [5.74, 6) is 0.469. The fraction of sp³-hybridized carbons (Fsp3) is 0.0588. The van der Waals surface area contributed by atoms with Crippen LogP contribution in [-0.4, -0.2) is 4.57 Å². The van der Waals surface area contributed by atoms with Crippen molar-refractivity contribution in [1.29, 1.82) is 0 Å². The third kappa shape index (κ3) is 4.59. The van der Waals surface area contributed by atoms with Crippen molar-refractivity contribution in [3.05, 3.63) is 206 Å². The number of allylic oxidation sites excluding steroid dienone is 4. The maximum atomic E-state index is 2.51. The van der Waals surface area contributed by atoms with Crippen LogP contribution in [0.25, 0.3) is 60.2 Å². The summed E-state index contributed by atoms with van der Waals surface area (Å²) < 4.78 is 2.45. The molecule has 0 bridgehead atoms. The SMILES string of the molecule is C1=CC2(c3ccc(N(c4ccccc4)c4c5ccccc5c(-c5ccccc5)c5ccccc45)cc3)CC2C=C1n1c2ccccc2c2ccccc21. The highest BCUT2D eigenvalue weighted by molar-refractivity contribution is 6.22. The minimum atomic E-state index is 0.0368. The van der Waals surface area contributed by atoms with E-state index in [1.54, 1.807) is 0 Å². The molecule has 2 aliphatic carbocycles. The van der Waals surface area contributed by atoms with Crippen LogP contribution in [0.3, 0.4) is 0 Å². The molecule has 11 rings (SSSR count). The molecule has 1 fully saturated rings. The molecule has 1 aromatic heterocycles. The van der Waals surface area contributed by atoms with Crippen LogP contribution in [0.2, 0.25) is 0 Å². The minimum absolute atomic E-state index is 0.0368. The number of anilines is 3. The monoisotopic (exact) mass is 676 g/mol. The van der Waals surface area contributed by atoms with E-state index >= 15 is 0 Å². The number of hydrogen-bond donors (Lipinski definition) is 0. The minimum Gasteiger partial charge on any atom is -0.310 e. The summed E-state index contributed by atoms with van der Waals surface area (Å²) in [7, 11) is 0. The van der Waals surface area contributed by atoms with Gasteiger partial charge in [0.25, 0.3) is 0 Å². The van der Waals surface area contributed by atoms with Crippen molar-refractivity contribution in [3.63, 3.8) is 0 Å². The fourth-order valence-electron chi connectivity index (χ4n) is 9.15. The summed E-state index contributed by atoms with van der Waals surface area (Å²) in [5, 5.41) is 7.58. The summed E-state index contributed by atoms with van der Waals surface area (Å²) >= 11 is 0. The smallest absolute Gasteiger partial charge is 0.0618 e. The van der Waals surface area contributed by atoms with E-state index < -0.39 is 0 Å². The lowest BCUT2D eigenvalue weighted by molar-refractivity contribution is 0.815. The molecule has 0 spiro atoms. The average molecular weight is 677 g/mol. The standard InChI is InChI=1S/C51H36N2/c1-3-15-35(16-4-1)49-43-21-7-9-23-45(43)50(46-24-10-8-22-44(46)49)52(38-17-5-2-6-18-38)39-29-27-36(28-30-39)51-32-31-40(33-37(51)34-51)53-47-25-13-11-19-41(47)42-20-12-14-26-48(42)53/h1-33,37H,34H2. The highest BCUT2D eigenvalue weighted by Crippen LogP contribution is 2.59. The first-order valence-electron chi connectivity index (χ1n) is 18.6. The first kappa shape index (κ1) is 30.0. The van der Waals surface area contributed by atoms with Crippen molar-refractivity contribution >= 4 is 66.1 Å². The number of nitrogens with zero attached hydrogens (tertiary/aromatic N) is 2. The molecule has 2 heteroatoms. The van der Waals surface area contributed by atoms with Gasteiger partial charge in [0.1, 0.15) is 0 Å². The zero-order valence-corrected chi connectivity index (χ0v) is 29.2. The topological polar surface area (TPSA) is 8.17 Å². The first-order chi connectivity index (χ1) is 26.3. The highest BCUT2D eigenvalue weighted by Gasteiger charge is 2.53. The lowest BCUT2D eigenvalue weighted by Crippen LogP contribution is -2.13. The van der Waals surface area contributed by atoms with E-state index in [0.717, 1.165) is 17.8 Å². The summed E-state index contributed by atoms with van der Waals surface area (Å²) in [6.45, 7) is 0. The number of aromatic nitrogens is 1. The third-order valence-corrected chi connectivity index (χ3v) is 11.7. The second kappa shape index (κ2) is 11.7. The fourth-order valence-corrected chi connectivity index (χ4v) is 9.15. The second-order valence-corrected chi connectivity index (χ2v) is 14.5. The molecule has 0 aliphatic heterocycles. The van der Waals surface area contributed by atoms with Gasteiger partial charge in [-0.3, -0.25) is 0 Å². The van der Waals surface area contributed by atoms with Gasteiger partial charge >= 0.3 is 0 Å². The second-order valence-electron chi connectivity index (χ2n) is 14.5. The molecule has 2 nitrogen and oxygen atoms in total. The van der Waals surface area contributed by atoms with E-state index in [4.69, 9.17) is 0 Å². The van der Waals surface area contributed by atoms with Gasteiger partial charge in [0.15, 0.2) is 0 Å². The van der Waals surface area contributed by atoms with Gasteiger partial charge < -0.3 is 9.47 Å². The van der Waals surface area contributed by atoms with Gasteiger partial charge in [0.2, 0.25) is 0 Å². The molecular formula is C51H36N2. The van der Waals surface area contributed by atoms with Crippen LogP contribution in [0, 0.1) is 5.92 Å². The predicted octanol–water partition coefficient (Wildman–Crippen LogP) is 13.6. The lowest BCUT2D eigenvalue weighted by atomic mass is 9.88. The van der Waals surface area contributed by atoms with Crippen molar-refractivity contribution in [2.24, 2.45) is 5.92 Å². The summed E-state index contributed by atoms with van der Waals surface area (Å²) in [6.07, 6.45) is 8.47. The Labute approximate surface area is 309 Å². The molecule has 0 saturated heterocycles. The maximum Gasteiger partial charge on any atom is 0.0618 e. The van der Waals surface area contributed by atoms with Crippen LogP contribution in [0.1, 0.15) is 12.0 Å². The summed E-state index contributed by atoms with van der Waals surface area (Å²) in [6, 6.07) is 66.4. The van der Waals surface area contributed by atoms with Gasteiger partial charge in [-0.2, -0.15) is 0 Å². The van der Waals surface area contributed by atoms with E-state index in [1.165, 1.54) is 71.4 Å². The molecule has 1 saturated carbocycles. The molecule has 2 atom stereocenters. The molecule has 9 aromatic rings. The van der Waals surface area contributed by atoms with Crippen LogP contribution in [0.15, 0.2) is 200 Å². The Morgan fingerprint density at radius 3 is 1.55 bits per heavy atom. The Bertz CT molecular complexity index is 2800. The Kier molecular flexibility index (Phi) is 6.63. The Morgan fingerprint density at radius 1 is 0.472 bits per heavy atom. The quantitative estimate of drug-likeness (QED) is 0.159. The first-order valence-corrected chi connectivity index (χ1v) is 18.6. The van der Waals surface area contributed by atoms with E-state index in [0.29, 0.717) is 5.92 Å². The average Bonchev–Trinajstić information content (AvgIpc) is 3.88. The predicted molar refractivity (Wildman–Crippen MR) is 224 cm³/mol. The van der Waals surface area contributed by atoms with Crippen LogP contribution >= 0.6 is 0 Å². The Balaban J connectivity index is 1.02. The van der Waals surface area contributed by atoms with Gasteiger partial charge in [0.05, 0.1) is 16.7 Å². The van der Waals surface area contributed by atoms with Crippen molar-refractivity contribution < 1.29 is 0 Å². The zero-order valence-electron chi connectivity index (χ0n) is 29.2. The number of benzene rings is 8. The van der Waals surface area contributed by atoms with Gasteiger partial charge in [-0.05, 0) is 82.3 Å². The Morgan fingerprint density at radius 2 is 0.962 bits per heavy atom. The van der Waals surface area contributed by atoms with E-state index in [2.05, 4.69) is 210 Å². The van der Waals surface area contributed by atoms with Crippen LogP contribution in [0.4, 0.5) is 17.1 Å². The van der Waals surface area contributed by atoms with E-state index in [1.807, 2.05) is 0 Å². The summed E-state index contributed by atoms with van der Waals surface area (Å²) in [5.41, 5.74) is 11.2. The van der Waals surface area contributed by atoms with E-state index in [-0.39, 0.29) is 5.41 Å². The van der Waals surface area contributed by atoms with Gasteiger partial charge in [-0.25, -0.2) is 0 Å². The largest absolute Gasteiger partial charge is 0.310 e. The Hall–Kier alpha value is -6.64. The van der Waals surface area contributed by atoms with Crippen LogP contribution in [-0.2, 0) is 5.41 Å². The molecule has 250 valence electrons. The maximum absolute atomic E-state index is 2.51. The van der Waals surface area contributed by atoms with E-state index in [9.17, 15) is 0 Å². The van der Waals surface area contributed by atoms with Crippen LogP contribution in [0.5, 0.6) is 0 Å². The van der Waals surface area contributed by atoms with Crippen molar-refractivity contribution in [3.8, 4) is 11.1 Å². The third-order valence-electron chi connectivity index (χ3n) is 11.7. The number of rotatable bonds is 6. The van der Waals surface area contributed by atoms with Crippen molar-refractivity contribution in [1.82, 2.24) is 4.57 Å². The molecule has 0 N–H and O–H groups in total. The molecule has 2 aliphatic rings. The zero-order chi connectivity index (χ0) is 34.9. The van der Waals surface area contributed by atoms with Gasteiger partial charge in [-0.1, -0.05) is 158 Å². The lowest BCUT2D eigenvalue weighted by Gasteiger charge is -2.30. The van der Waals surface area contributed by atoms with Gasteiger partial charge in [0, 0.05) is 44.0 Å². The number of fused-ring (bicyclic) bond motifs is 6. The molecule has 53 heavy (non-hydrogen) atoms. The highest BCUT2D eigenvalue weighted by atomic mass is 15.1.